The minimum atomic E-state index is 0.118. The second-order valence-corrected chi connectivity index (χ2v) is 5.56. The maximum Gasteiger partial charge on any atom is 0.150 e. The van der Waals surface area contributed by atoms with E-state index in [0.29, 0.717) is 16.7 Å². The average molecular weight is 258 g/mol. The fourth-order valence-corrected chi connectivity index (χ4v) is 1.91. The fourth-order valence-electron chi connectivity index (χ4n) is 1.74. The number of nitrogens with zero attached hydrogens (tertiary/aromatic N) is 3. The largest absolute Gasteiger partial charge is 0.382 e. The normalized spacial score (nSPS) is 11.9. The van der Waals surface area contributed by atoms with Crippen molar-refractivity contribution in [2.75, 3.05) is 38.2 Å². The van der Waals surface area contributed by atoms with Gasteiger partial charge in [-0.3, -0.25) is 0 Å². The first-order chi connectivity index (χ1) is 7.82. The molecule has 6 heteroatoms. The Morgan fingerprint density at radius 2 is 2.06 bits per heavy atom. The van der Waals surface area contributed by atoms with Gasteiger partial charge < -0.3 is 16.0 Å². The molecule has 0 fully saturated rings. The topological polar surface area (TPSA) is 67.1 Å². The molecule has 3 N–H and O–H groups in total. The van der Waals surface area contributed by atoms with Crippen molar-refractivity contribution in [3.63, 3.8) is 0 Å². The summed E-state index contributed by atoms with van der Waals surface area (Å²) in [5, 5.41) is 3.59. The zero-order valence-electron chi connectivity index (χ0n) is 10.8. The van der Waals surface area contributed by atoms with Gasteiger partial charge in [-0.2, -0.15) is 0 Å². The Kier molecular flexibility index (Phi) is 4.54. The lowest BCUT2D eigenvalue weighted by molar-refractivity contribution is 0.254. The Hall–Kier alpha value is -1.07. The van der Waals surface area contributed by atoms with Crippen LogP contribution < -0.4 is 11.1 Å². The van der Waals surface area contributed by atoms with Crippen LogP contribution in [0.5, 0.6) is 0 Å². The van der Waals surface area contributed by atoms with E-state index in [2.05, 4.69) is 48.1 Å². The van der Waals surface area contributed by atoms with Crippen molar-refractivity contribution in [1.29, 1.82) is 0 Å². The van der Waals surface area contributed by atoms with E-state index >= 15 is 0 Å². The minimum absolute atomic E-state index is 0.118. The third-order valence-corrected chi connectivity index (χ3v) is 2.67. The molecule has 0 saturated heterocycles. The molecule has 1 heterocycles. The van der Waals surface area contributed by atoms with Crippen LogP contribution in [0.25, 0.3) is 0 Å². The van der Waals surface area contributed by atoms with Gasteiger partial charge in [-0.05, 0) is 19.5 Å². The highest BCUT2D eigenvalue weighted by Crippen LogP contribution is 2.25. The second kappa shape index (κ2) is 5.51. The molecule has 5 nitrogen and oxygen atoms in total. The van der Waals surface area contributed by atoms with Crippen LogP contribution in [0.1, 0.15) is 13.8 Å². The Labute approximate surface area is 107 Å². The van der Waals surface area contributed by atoms with Gasteiger partial charge in [0.1, 0.15) is 23.0 Å². The molecule has 0 spiro atoms. The monoisotopic (exact) mass is 257 g/mol. The summed E-state index contributed by atoms with van der Waals surface area (Å²) in [6.07, 6.45) is 1.41. The van der Waals surface area contributed by atoms with E-state index in [1.54, 1.807) is 0 Å². The molecule has 17 heavy (non-hydrogen) atoms. The Morgan fingerprint density at radius 3 is 2.65 bits per heavy atom. The number of anilines is 2. The first-order valence-electron chi connectivity index (χ1n) is 5.46. The summed E-state index contributed by atoms with van der Waals surface area (Å²) in [4.78, 5) is 10.0. The van der Waals surface area contributed by atoms with E-state index in [9.17, 15) is 0 Å². The molecule has 0 unspecified atom stereocenters. The summed E-state index contributed by atoms with van der Waals surface area (Å²) < 4.78 is 0. The van der Waals surface area contributed by atoms with Gasteiger partial charge in [-0.1, -0.05) is 25.4 Å². The van der Waals surface area contributed by atoms with Crippen molar-refractivity contribution in [2.45, 2.75) is 13.8 Å². The highest BCUT2D eigenvalue weighted by atomic mass is 35.5. The highest BCUT2D eigenvalue weighted by Gasteiger charge is 2.19. The summed E-state index contributed by atoms with van der Waals surface area (Å²) in [6.45, 7) is 6.09. The quantitative estimate of drug-likeness (QED) is 0.841. The smallest absolute Gasteiger partial charge is 0.150 e. The van der Waals surface area contributed by atoms with Crippen molar-refractivity contribution >= 4 is 23.2 Å². The van der Waals surface area contributed by atoms with E-state index in [-0.39, 0.29) is 5.41 Å². The van der Waals surface area contributed by atoms with Crippen LogP contribution in [-0.4, -0.2) is 42.1 Å². The van der Waals surface area contributed by atoms with Crippen molar-refractivity contribution in [2.24, 2.45) is 5.41 Å². The van der Waals surface area contributed by atoms with E-state index in [1.165, 1.54) is 6.33 Å². The summed E-state index contributed by atoms with van der Waals surface area (Å²) >= 11 is 6.00. The number of hydrogen-bond acceptors (Lipinski definition) is 5. The summed E-state index contributed by atoms with van der Waals surface area (Å²) in [6, 6.07) is 0. The molecule has 96 valence electrons. The van der Waals surface area contributed by atoms with Crippen molar-refractivity contribution in [3.8, 4) is 0 Å². The number of aromatic nitrogens is 2. The third-order valence-electron chi connectivity index (χ3n) is 2.30. The molecule has 0 aliphatic rings. The molecule has 1 rings (SSSR count). The van der Waals surface area contributed by atoms with Crippen LogP contribution >= 0.6 is 11.6 Å². The predicted molar refractivity (Wildman–Crippen MR) is 72.3 cm³/mol. The molecule has 0 aliphatic heterocycles. The van der Waals surface area contributed by atoms with Crippen LogP contribution in [0.3, 0.4) is 0 Å². The first kappa shape index (κ1) is 14.0. The van der Waals surface area contributed by atoms with E-state index in [0.717, 1.165) is 13.1 Å². The summed E-state index contributed by atoms with van der Waals surface area (Å²) in [5.41, 5.74) is 5.73. The number of halogens is 1. The van der Waals surface area contributed by atoms with Gasteiger partial charge >= 0.3 is 0 Å². The van der Waals surface area contributed by atoms with Crippen molar-refractivity contribution < 1.29 is 0 Å². The number of nitrogens with one attached hydrogen (secondary N) is 1. The van der Waals surface area contributed by atoms with Gasteiger partial charge in [0.15, 0.2) is 0 Å². The molecule has 0 aliphatic carbocycles. The van der Waals surface area contributed by atoms with Crippen LogP contribution in [0.15, 0.2) is 6.33 Å². The van der Waals surface area contributed by atoms with Gasteiger partial charge in [-0.25, -0.2) is 9.97 Å². The van der Waals surface area contributed by atoms with E-state index in [1.807, 2.05) is 0 Å². The lowest BCUT2D eigenvalue weighted by atomic mass is 9.93. The minimum Gasteiger partial charge on any atom is -0.382 e. The Balaban J connectivity index is 2.64. The summed E-state index contributed by atoms with van der Waals surface area (Å²) in [5.74, 6) is 0.889. The molecule has 0 atom stereocenters. The maximum atomic E-state index is 6.00. The highest BCUT2D eigenvalue weighted by molar-refractivity contribution is 6.35. The summed E-state index contributed by atoms with van der Waals surface area (Å²) in [7, 11) is 4.11. The second-order valence-electron chi connectivity index (χ2n) is 5.18. The van der Waals surface area contributed by atoms with Gasteiger partial charge in [0.2, 0.25) is 0 Å². The maximum absolute atomic E-state index is 6.00. The number of rotatable bonds is 5. The molecule has 0 amide bonds. The van der Waals surface area contributed by atoms with Crippen LogP contribution in [-0.2, 0) is 0 Å². The molecular formula is C11H20ClN5. The SMILES string of the molecule is CN(C)CC(C)(C)CNc1ncnc(N)c1Cl. The lowest BCUT2D eigenvalue weighted by Crippen LogP contribution is -2.34. The molecule has 0 aromatic carbocycles. The van der Waals surface area contributed by atoms with Gasteiger partial charge in [0.05, 0.1) is 0 Å². The molecular weight excluding hydrogens is 238 g/mol. The van der Waals surface area contributed by atoms with Crippen LogP contribution in [0.2, 0.25) is 5.02 Å². The standard InChI is InChI=1S/C11H20ClN5/c1-11(2,6-17(3)4)5-14-10-8(12)9(13)15-7-16-10/h7H,5-6H2,1-4H3,(H3,13,14,15,16). The first-order valence-corrected chi connectivity index (χ1v) is 5.84. The molecule has 0 saturated carbocycles. The molecule has 1 aromatic rings. The number of nitrogen functional groups attached to an aromatic ring is 1. The average Bonchev–Trinajstić information content (AvgIpc) is 2.18. The van der Waals surface area contributed by atoms with E-state index < -0.39 is 0 Å². The number of nitrogens with two attached hydrogens (primary N) is 1. The van der Waals surface area contributed by atoms with Crippen LogP contribution in [0, 0.1) is 5.41 Å². The van der Waals surface area contributed by atoms with Crippen LogP contribution in [0.4, 0.5) is 11.6 Å². The molecule has 0 radical (unpaired) electrons. The third kappa shape index (κ3) is 4.36. The predicted octanol–water partition coefficient (Wildman–Crippen LogP) is 1.71. The lowest BCUT2D eigenvalue weighted by Gasteiger charge is -2.28. The molecule has 0 bridgehead atoms. The van der Waals surface area contributed by atoms with Gasteiger partial charge in [0.25, 0.3) is 0 Å². The fraction of sp³-hybridized carbons (Fsp3) is 0.636. The zero-order chi connectivity index (χ0) is 13.1. The Bertz CT molecular complexity index is 378. The van der Waals surface area contributed by atoms with Gasteiger partial charge in [-0.15, -0.1) is 0 Å². The zero-order valence-corrected chi connectivity index (χ0v) is 11.5. The van der Waals surface area contributed by atoms with E-state index in [4.69, 9.17) is 17.3 Å². The van der Waals surface area contributed by atoms with Crippen molar-refractivity contribution in [1.82, 2.24) is 14.9 Å². The molecule has 1 aromatic heterocycles. The number of hydrogen-bond donors (Lipinski definition) is 2. The van der Waals surface area contributed by atoms with Gasteiger partial charge in [0, 0.05) is 13.1 Å². The van der Waals surface area contributed by atoms with Crippen molar-refractivity contribution in [3.05, 3.63) is 11.3 Å². The Morgan fingerprint density at radius 1 is 1.41 bits per heavy atom.